The number of Topliss-reactive ketones (excluding diaryl/α,β-unsaturated/α-hetero) is 2. The van der Waals surface area contributed by atoms with E-state index in [-0.39, 0.29) is 36.3 Å². The van der Waals surface area contributed by atoms with Crippen LogP contribution in [0.15, 0.2) is 108 Å². The Balaban J connectivity index is 1.16. The Labute approximate surface area is 285 Å². The summed E-state index contributed by atoms with van der Waals surface area (Å²) in [7, 11) is 0. The Kier molecular flexibility index (Phi) is 10.0. The minimum absolute atomic E-state index is 0.0971. The van der Waals surface area contributed by atoms with Gasteiger partial charge in [0.2, 0.25) is 5.78 Å². The lowest BCUT2D eigenvalue weighted by Crippen LogP contribution is -2.50. The molecule has 0 aliphatic carbocycles. The molecule has 0 atom stereocenters. The Bertz CT molecular complexity index is 2130. The smallest absolute Gasteiger partial charge is 0.290 e. The van der Waals surface area contributed by atoms with E-state index in [0.29, 0.717) is 19.2 Å². The lowest BCUT2D eigenvalue weighted by atomic mass is 10.0. The van der Waals surface area contributed by atoms with Gasteiger partial charge in [0.25, 0.3) is 11.5 Å². The molecule has 1 aliphatic rings. The molecule has 50 heavy (non-hydrogen) atoms. The Morgan fingerprint density at radius 1 is 0.680 bits per heavy atom. The van der Waals surface area contributed by atoms with E-state index in [1.54, 1.807) is 6.07 Å². The second kappa shape index (κ2) is 14.7. The van der Waals surface area contributed by atoms with Gasteiger partial charge in [-0.05, 0) is 52.6 Å². The van der Waals surface area contributed by atoms with E-state index < -0.39 is 64.7 Å². The van der Waals surface area contributed by atoms with Crippen molar-refractivity contribution in [1.82, 2.24) is 9.47 Å². The number of benzene rings is 4. The summed E-state index contributed by atoms with van der Waals surface area (Å²) in [5.41, 5.74) is 1.57. The van der Waals surface area contributed by atoms with Crippen LogP contribution in [-0.2, 0) is 22.6 Å². The van der Waals surface area contributed by atoms with Gasteiger partial charge in [0, 0.05) is 56.1 Å². The highest BCUT2D eigenvalue weighted by atomic mass is 19.2. The zero-order valence-electron chi connectivity index (χ0n) is 26.8. The zero-order chi connectivity index (χ0) is 35.4. The highest BCUT2D eigenvalue weighted by Gasteiger charge is 2.29. The van der Waals surface area contributed by atoms with Crippen LogP contribution in [0.5, 0.6) is 0 Å². The molecule has 0 spiro atoms. The second-order valence-electron chi connectivity index (χ2n) is 12.0. The van der Waals surface area contributed by atoms with Crippen LogP contribution >= 0.6 is 0 Å². The van der Waals surface area contributed by atoms with Crippen LogP contribution < -0.4 is 10.5 Å². The van der Waals surface area contributed by atoms with Crippen LogP contribution in [0, 0.1) is 23.3 Å². The first-order valence-corrected chi connectivity index (χ1v) is 15.9. The monoisotopic (exact) mass is 681 g/mol. The van der Waals surface area contributed by atoms with Gasteiger partial charge in [-0.3, -0.25) is 19.2 Å². The van der Waals surface area contributed by atoms with Gasteiger partial charge in [0.1, 0.15) is 11.6 Å². The van der Waals surface area contributed by atoms with Gasteiger partial charge >= 0.3 is 0 Å². The van der Waals surface area contributed by atoms with Crippen molar-refractivity contribution in [3.63, 3.8) is 0 Å². The van der Waals surface area contributed by atoms with Crippen LogP contribution in [0.2, 0.25) is 0 Å². The third kappa shape index (κ3) is 7.57. The van der Waals surface area contributed by atoms with Gasteiger partial charge in [0.05, 0.1) is 18.5 Å². The molecule has 0 radical (unpaired) electrons. The van der Waals surface area contributed by atoms with Crippen molar-refractivity contribution < 1.29 is 31.9 Å². The Morgan fingerprint density at radius 2 is 1.34 bits per heavy atom. The molecule has 4 aromatic carbocycles. The Morgan fingerprint density at radius 3 is 2.04 bits per heavy atom. The van der Waals surface area contributed by atoms with E-state index in [4.69, 9.17) is 0 Å². The molecule has 6 rings (SSSR count). The fourth-order valence-corrected chi connectivity index (χ4v) is 6.04. The highest BCUT2D eigenvalue weighted by Crippen LogP contribution is 2.24. The van der Waals surface area contributed by atoms with Gasteiger partial charge in [-0.2, -0.15) is 0 Å². The van der Waals surface area contributed by atoms with Crippen molar-refractivity contribution in [2.24, 2.45) is 0 Å². The summed E-state index contributed by atoms with van der Waals surface area (Å²) in [5.74, 6) is -7.22. The molecule has 0 N–H and O–H groups in total. The summed E-state index contributed by atoms with van der Waals surface area (Å²) in [4.78, 5) is 56.5. The highest BCUT2D eigenvalue weighted by molar-refractivity contribution is 6.40. The van der Waals surface area contributed by atoms with Gasteiger partial charge in [-0.15, -0.1) is 0 Å². The van der Waals surface area contributed by atoms with Crippen LogP contribution in [0.3, 0.4) is 0 Å². The lowest BCUT2D eigenvalue weighted by Gasteiger charge is -2.35. The standard InChI is InChI=1S/C39H31F4N3O4/c40-30-20-29(37(43)34(42)21-30)18-25-19-32(38(49)46(23-25)24-28-8-4-5-9-33(28)41)35(47)22-36(48)39(50)45-16-14-44(15-17-45)31-12-10-27(11-13-31)26-6-2-1-3-7-26/h1-13,19-21,23H,14-18,22,24H2. The minimum Gasteiger partial charge on any atom is -0.368 e. The number of nitrogens with zero attached hydrogens (tertiary/aromatic N) is 3. The summed E-state index contributed by atoms with van der Waals surface area (Å²) in [6, 6.07) is 25.9. The van der Waals surface area contributed by atoms with E-state index in [1.807, 2.05) is 54.6 Å². The molecular formula is C39H31F4N3O4. The summed E-state index contributed by atoms with van der Waals surface area (Å²) in [5, 5.41) is 0. The van der Waals surface area contributed by atoms with E-state index in [1.165, 1.54) is 29.3 Å². The van der Waals surface area contributed by atoms with Crippen molar-refractivity contribution in [2.45, 2.75) is 19.4 Å². The van der Waals surface area contributed by atoms with E-state index >= 15 is 0 Å². The SMILES string of the molecule is O=C(CC(=O)c1cc(Cc2cc(F)cc(F)c2F)cn(Cc2ccccc2F)c1=O)C(=O)N1CCN(c2ccc(-c3ccccc3)cc2)CC1. The number of hydrogen-bond donors (Lipinski definition) is 0. The molecule has 0 bridgehead atoms. The summed E-state index contributed by atoms with van der Waals surface area (Å²) in [6.45, 7) is 1.06. The maximum Gasteiger partial charge on any atom is 0.290 e. The molecule has 5 aromatic rings. The molecule has 11 heteroatoms. The van der Waals surface area contributed by atoms with Gasteiger partial charge in [-0.1, -0.05) is 60.7 Å². The number of aromatic nitrogens is 1. The third-order valence-corrected chi connectivity index (χ3v) is 8.67. The minimum atomic E-state index is -1.41. The first-order chi connectivity index (χ1) is 24.1. The van der Waals surface area contributed by atoms with Crippen LogP contribution in [-0.4, -0.2) is 53.1 Å². The normalized spacial score (nSPS) is 13.0. The Hall–Kier alpha value is -5.84. The van der Waals surface area contributed by atoms with E-state index in [0.717, 1.165) is 33.5 Å². The predicted octanol–water partition coefficient (Wildman–Crippen LogP) is 6.20. The summed E-state index contributed by atoms with van der Waals surface area (Å²) < 4.78 is 57.9. The van der Waals surface area contributed by atoms with Gasteiger partial charge in [-0.25, -0.2) is 17.6 Å². The predicted molar refractivity (Wildman–Crippen MR) is 180 cm³/mol. The number of rotatable bonds is 10. The molecular weight excluding hydrogens is 650 g/mol. The first kappa shape index (κ1) is 34.0. The van der Waals surface area contributed by atoms with Crippen LogP contribution in [0.25, 0.3) is 11.1 Å². The maximum atomic E-state index is 14.5. The number of halogens is 4. The average molecular weight is 682 g/mol. The molecule has 0 saturated carbocycles. The number of amides is 1. The molecule has 1 saturated heterocycles. The average Bonchev–Trinajstić information content (AvgIpc) is 3.12. The number of ketones is 2. The first-order valence-electron chi connectivity index (χ1n) is 15.9. The van der Waals surface area contributed by atoms with Crippen molar-refractivity contribution in [2.75, 3.05) is 31.1 Å². The van der Waals surface area contributed by atoms with Crippen molar-refractivity contribution >= 4 is 23.2 Å². The van der Waals surface area contributed by atoms with Gasteiger partial charge in [0.15, 0.2) is 17.4 Å². The maximum absolute atomic E-state index is 14.5. The van der Waals surface area contributed by atoms with Crippen molar-refractivity contribution in [3.8, 4) is 11.1 Å². The molecule has 1 aliphatic heterocycles. The van der Waals surface area contributed by atoms with Crippen molar-refractivity contribution in [3.05, 3.63) is 159 Å². The molecule has 1 amide bonds. The summed E-state index contributed by atoms with van der Waals surface area (Å²) >= 11 is 0. The zero-order valence-corrected chi connectivity index (χ0v) is 26.8. The van der Waals surface area contributed by atoms with Crippen molar-refractivity contribution in [1.29, 1.82) is 0 Å². The fraction of sp³-hybridized carbons (Fsp3) is 0.179. The number of carbonyl (C=O) groups excluding carboxylic acids is 3. The quantitative estimate of drug-likeness (QED) is 0.0577. The second-order valence-corrected chi connectivity index (χ2v) is 12.0. The van der Waals surface area contributed by atoms with E-state index in [9.17, 15) is 36.7 Å². The topological polar surface area (TPSA) is 79.7 Å². The number of pyridine rings is 1. The van der Waals surface area contributed by atoms with Crippen LogP contribution in [0.1, 0.15) is 33.5 Å². The molecule has 2 heterocycles. The molecule has 254 valence electrons. The van der Waals surface area contributed by atoms with E-state index in [2.05, 4.69) is 4.90 Å². The third-order valence-electron chi connectivity index (χ3n) is 8.67. The summed E-state index contributed by atoms with van der Waals surface area (Å²) in [6.07, 6.45) is -0.110. The fourth-order valence-electron chi connectivity index (χ4n) is 6.04. The number of piperazine rings is 1. The molecule has 0 unspecified atom stereocenters. The largest absolute Gasteiger partial charge is 0.368 e. The number of carbonyl (C=O) groups is 3. The van der Waals surface area contributed by atoms with Crippen LogP contribution in [0.4, 0.5) is 23.2 Å². The number of anilines is 1. The molecule has 7 nitrogen and oxygen atoms in total. The van der Waals surface area contributed by atoms with Gasteiger partial charge < -0.3 is 14.4 Å². The number of hydrogen-bond acceptors (Lipinski definition) is 5. The lowest BCUT2D eigenvalue weighted by molar-refractivity contribution is -0.144. The molecule has 1 fully saturated rings. The molecule has 1 aromatic heterocycles.